The number of phosphoric acid groups is 1. The Balaban J connectivity index is 3.99. The van der Waals surface area contributed by atoms with Crippen molar-refractivity contribution < 1.29 is 37.6 Å². The van der Waals surface area contributed by atoms with Gasteiger partial charge in [-0.3, -0.25) is 18.6 Å². The Morgan fingerprint density at radius 2 is 0.647 bits per heavy atom. The molecule has 0 saturated heterocycles. The molecule has 0 rings (SSSR count). The zero-order valence-electron chi connectivity index (χ0n) is 54.5. The van der Waals surface area contributed by atoms with Gasteiger partial charge in [0.05, 0.1) is 13.2 Å². The molecular weight excluding hydrogens is 1070 g/mol. The monoisotopic (exact) mass is 1200 g/mol. The summed E-state index contributed by atoms with van der Waals surface area (Å²) < 4.78 is 33.1. The van der Waals surface area contributed by atoms with E-state index in [1.165, 1.54) is 154 Å². The Morgan fingerprint density at radius 3 is 0.976 bits per heavy atom. The van der Waals surface area contributed by atoms with Crippen LogP contribution < -0.4 is 5.73 Å². The van der Waals surface area contributed by atoms with Gasteiger partial charge in [-0.25, -0.2) is 4.57 Å². The lowest BCUT2D eigenvalue weighted by Crippen LogP contribution is -2.29. The number of ether oxygens (including phenoxy) is 2. The molecule has 0 aromatic heterocycles. The van der Waals surface area contributed by atoms with Crippen LogP contribution in [0.4, 0.5) is 0 Å². The first-order valence-electron chi connectivity index (χ1n) is 34.7. The second-order valence-corrected chi connectivity index (χ2v) is 24.1. The van der Waals surface area contributed by atoms with Crippen LogP contribution in [-0.2, 0) is 32.7 Å². The van der Waals surface area contributed by atoms with E-state index < -0.39 is 26.5 Å². The average molecular weight is 1200 g/mol. The number of carbonyl (C=O) groups excluding carboxylic acids is 2. The standard InChI is InChI=1S/C75H128NO8P/c1-3-5-7-9-11-13-15-17-19-21-23-25-27-29-31-33-34-35-36-37-38-40-42-44-46-48-50-52-54-56-58-60-62-64-66-68-75(78)84-73(72-83-85(79,80)82-70-69-76)71-81-74(77)67-65-63-61-59-57-55-53-51-49-47-45-43-41-39-32-30-28-26-24-22-20-18-16-14-12-10-8-6-4-2/h5,7,11,13,17,19,22-25,29,31,34-35,37-38,42,44,48,50,54,56,73H,3-4,6,8-10,12,14-16,18,20-21,26-28,30,32-33,36,39-41,43,45-47,49,51-53,55,57-72,76H2,1-2H3,(H,79,80)/b7-5-,13-11-,19-17-,24-22-,25-23-,31-29-,35-34-,38-37-,44-42-,50-48-,56-54-. The van der Waals surface area contributed by atoms with Crippen LogP contribution in [-0.4, -0.2) is 49.3 Å². The molecule has 0 aromatic carbocycles. The Kier molecular flexibility index (Phi) is 66.1. The van der Waals surface area contributed by atoms with Crippen LogP contribution in [0, 0.1) is 0 Å². The van der Waals surface area contributed by atoms with Crippen LogP contribution in [0.15, 0.2) is 134 Å². The van der Waals surface area contributed by atoms with Gasteiger partial charge in [0.15, 0.2) is 6.10 Å². The van der Waals surface area contributed by atoms with Crippen molar-refractivity contribution in [2.45, 2.75) is 302 Å². The lowest BCUT2D eigenvalue weighted by Gasteiger charge is -2.19. The van der Waals surface area contributed by atoms with E-state index in [1.54, 1.807) is 0 Å². The Labute approximate surface area is 523 Å². The molecule has 0 aliphatic heterocycles. The summed E-state index contributed by atoms with van der Waals surface area (Å²) >= 11 is 0. The van der Waals surface area contributed by atoms with E-state index >= 15 is 0 Å². The van der Waals surface area contributed by atoms with Gasteiger partial charge in [0.1, 0.15) is 6.61 Å². The Morgan fingerprint density at radius 1 is 0.365 bits per heavy atom. The summed E-state index contributed by atoms with van der Waals surface area (Å²) in [6, 6.07) is 0. The highest BCUT2D eigenvalue weighted by Crippen LogP contribution is 2.43. The van der Waals surface area contributed by atoms with Crippen LogP contribution >= 0.6 is 7.82 Å². The van der Waals surface area contributed by atoms with Gasteiger partial charge in [0, 0.05) is 19.4 Å². The fraction of sp³-hybridized carbons (Fsp3) is 0.680. The highest BCUT2D eigenvalue weighted by molar-refractivity contribution is 7.47. The fourth-order valence-corrected chi connectivity index (χ4v) is 10.2. The van der Waals surface area contributed by atoms with Gasteiger partial charge >= 0.3 is 19.8 Å². The molecule has 0 saturated carbocycles. The van der Waals surface area contributed by atoms with Crippen molar-refractivity contribution in [3.8, 4) is 0 Å². The molecule has 0 heterocycles. The summed E-state index contributed by atoms with van der Waals surface area (Å²) in [6.07, 6.45) is 98.2. The van der Waals surface area contributed by atoms with E-state index in [2.05, 4.69) is 148 Å². The number of nitrogens with two attached hydrogens (primary N) is 1. The van der Waals surface area contributed by atoms with Crippen LogP contribution in [0.2, 0.25) is 0 Å². The van der Waals surface area contributed by atoms with Crippen molar-refractivity contribution in [2.24, 2.45) is 5.73 Å². The minimum Gasteiger partial charge on any atom is -0.462 e. The number of hydrogen-bond acceptors (Lipinski definition) is 8. The van der Waals surface area contributed by atoms with Gasteiger partial charge in [-0.1, -0.05) is 302 Å². The third-order valence-electron chi connectivity index (χ3n) is 14.5. The largest absolute Gasteiger partial charge is 0.472 e. The van der Waals surface area contributed by atoms with E-state index in [0.29, 0.717) is 6.42 Å². The first-order chi connectivity index (χ1) is 41.8. The smallest absolute Gasteiger partial charge is 0.462 e. The lowest BCUT2D eigenvalue weighted by molar-refractivity contribution is -0.161. The summed E-state index contributed by atoms with van der Waals surface area (Å²) in [5, 5.41) is 0. The number of allylic oxidation sites excluding steroid dienone is 22. The van der Waals surface area contributed by atoms with Gasteiger partial charge in [-0.2, -0.15) is 0 Å². The zero-order valence-corrected chi connectivity index (χ0v) is 55.4. The van der Waals surface area contributed by atoms with Crippen LogP contribution in [0.3, 0.4) is 0 Å². The van der Waals surface area contributed by atoms with Gasteiger partial charge in [0.2, 0.25) is 0 Å². The molecule has 2 atom stereocenters. The third-order valence-corrected chi connectivity index (χ3v) is 15.5. The molecule has 0 fully saturated rings. The highest BCUT2D eigenvalue weighted by Gasteiger charge is 2.26. The van der Waals surface area contributed by atoms with Crippen LogP contribution in [0.5, 0.6) is 0 Å². The van der Waals surface area contributed by atoms with Crippen LogP contribution in [0.1, 0.15) is 296 Å². The minimum atomic E-state index is -4.41. The molecule has 2 unspecified atom stereocenters. The molecular formula is C75H128NO8P. The highest BCUT2D eigenvalue weighted by atomic mass is 31.2. The van der Waals surface area contributed by atoms with Gasteiger partial charge in [-0.05, 0) is 116 Å². The first kappa shape index (κ1) is 81.2. The summed E-state index contributed by atoms with van der Waals surface area (Å²) in [6.45, 7) is 3.62. The van der Waals surface area contributed by atoms with Crippen LogP contribution in [0.25, 0.3) is 0 Å². The summed E-state index contributed by atoms with van der Waals surface area (Å²) in [4.78, 5) is 35.3. The molecule has 0 aliphatic rings. The Bertz CT molecular complexity index is 1860. The van der Waals surface area contributed by atoms with Crippen molar-refractivity contribution in [3.05, 3.63) is 134 Å². The number of carbonyl (C=O) groups is 2. The van der Waals surface area contributed by atoms with E-state index in [1.807, 2.05) is 0 Å². The molecule has 10 heteroatoms. The molecule has 0 bridgehead atoms. The fourth-order valence-electron chi connectivity index (χ4n) is 9.43. The normalized spacial score (nSPS) is 13.8. The molecule has 3 N–H and O–H groups in total. The number of phosphoric ester groups is 1. The van der Waals surface area contributed by atoms with Gasteiger partial charge in [0.25, 0.3) is 0 Å². The molecule has 0 spiro atoms. The SMILES string of the molecule is CC/C=C\C/C=C\C/C=C\C/C=C\C/C=C\C/C=C\C/C=C\C/C=C\C/C=C\C/C=C\CCCCCCC(=O)OC(COC(=O)CCCCCCCCCCCCCCCCCCC/C=C\CCCCCCCCCC)COP(=O)(O)OCCN. The number of esters is 2. The van der Waals surface area contributed by atoms with Crippen molar-refractivity contribution in [1.82, 2.24) is 0 Å². The summed E-state index contributed by atoms with van der Waals surface area (Å²) in [7, 11) is -4.41. The predicted octanol–water partition coefficient (Wildman–Crippen LogP) is 22.9. The predicted molar refractivity (Wildman–Crippen MR) is 367 cm³/mol. The second kappa shape index (κ2) is 69.3. The third kappa shape index (κ3) is 69.1. The van der Waals surface area contributed by atoms with E-state index in [9.17, 15) is 19.0 Å². The van der Waals surface area contributed by atoms with E-state index in [-0.39, 0.29) is 38.6 Å². The molecule has 85 heavy (non-hydrogen) atoms. The first-order valence-corrected chi connectivity index (χ1v) is 36.2. The van der Waals surface area contributed by atoms with Crippen molar-refractivity contribution in [3.63, 3.8) is 0 Å². The second-order valence-electron chi connectivity index (χ2n) is 22.7. The summed E-state index contributed by atoms with van der Waals surface area (Å²) in [5.41, 5.74) is 5.40. The van der Waals surface area contributed by atoms with Crippen molar-refractivity contribution in [2.75, 3.05) is 26.4 Å². The molecule has 486 valence electrons. The molecule has 0 aliphatic carbocycles. The maximum Gasteiger partial charge on any atom is 0.472 e. The van der Waals surface area contributed by atoms with Crippen molar-refractivity contribution in [1.29, 1.82) is 0 Å². The maximum absolute atomic E-state index is 12.8. The zero-order chi connectivity index (χ0) is 61.6. The lowest BCUT2D eigenvalue weighted by atomic mass is 10.0. The van der Waals surface area contributed by atoms with E-state index in [4.69, 9.17) is 24.3 Å². The quantitative estimate of drug-likeness (QED) is 0.0264. The number of hydrogen-bond donors (Lipinski definition) is 2. The minimum absolute atomic E-state index is 0.0431. The maximum atomic E-state index is 12.8. The topological polar surface area (TPSA) is 134 Å². The summed E-state index contributed by atoms with van der Waals surface area (Å²) in [5.74, 6) is -0.856. The Hall–Kier alpha value is -3.85. The van der Waals surface area contributed by atoms with Gasteiger partial charge < -0.3 is 20.1 Å². The van der Waals surface area contributed by atoms with Crippen molar-refractivity contribution >= 4 is 19.8 Å². The van der Waals surface area contributed by atoms with Gasteiger partial charge in [-0.15, -0.1) is 0 Å². The number of rotatable bonds is 64. The average Bonchev–Trinajstić information content (AvgIpc) is 3.52. The molecule has 0 aromatic rings. The molecule has 0 radical (unpaired) electrons. The molecule has 0 amide bonds. The van der Waals surface area contributed by atoms with E-state index in [0.717, 1.165) is 109 Å². The number of unbranched alkanes of at least 4 members (excludes halogenated alkanes) is 29. The molecule has 9 nitrogen and oxygen atoms in total.